The molecular formula is C30H27F4NO. The molecule has 2 nitrogen and oxygen atoms in total. The van der Waals surface area contributed by atoms with E-state index in [2.05, 4.69) is 4.98 Å². The second kappa shape index (κ2) is 11.4. The number of nitrogens with zero attached hydrogens (tertiary/aromatic N) is 1. The van der Waals surface area contributed by atoms with E-state index < -0.39 is 23.3 Å². The van der Waals surface area contributed by atoms with Gasteiger partial charge in [0.2, 0.25) is 5.82 Å². The van der Waals surface area contributed by atoms with E-state index in [-0.39, 0.29) is 22.4 Å². The molecule has 4 rings (SSSR count). The third-order valence-corrected chi connectivity index (χ3v) is 6.13. The SMILES string of the molecule is CCCCOc1ccc(-c2ccc(CCc3ccc(-c4ccc(C)nc4)c(F)c3F)cc2)c(F)c1F. The number of rotatable bonds is 9. The number of hydrogen-bond donors (Lipinski definition) is 0. The Labute approximate surface area is 208 Å². The highest BCUT2D eigenvalue weighted by Crippen LogP contribution is 2.31. The summed E-state index contributed by atoms with van der Waals surface area (Å²) in [7, 11) is 0. The molecule has 0 aliphatic rings. The summed E-state index contributed by atoms with van der Waals surface area (Å²) in [4.78, 5) is 4.14. The Hall–Kier alpha value is -3.67. The minimum Gasteiger partial charge on any atom is -0.490 e. The maximum Gasteiger partial charge on any atom is 0.201 e. The molecule has 0 saturated carbocycles. The lowest BCUT2D eigenvalue weighted by Crippen LogP contribution is -2.01. The van der Waals surface area contributed by atoms with Crippen LogP contribution in [0.2, 0.25) is 0 Å². The smallest absolute Gasteiger partial charge is 0.201 e. The van der Waals surface area contributed by atoms with Gasteiger partial charge in [-0.2, -0.15) is 4.39 Å². The van der Waals surface area contributed by atoms with E-state index in [1.165, 1.54) is 18.3 Å². The second-order valence-electron chi connectivity index (χ2n) is 8.73. The summed E-state index contributed by atoms with van der Waals surface area (Å²) >= 11 is 0. The Morgan fingerprint density at radius 1 is 0.694 bits per heavy atom. The first kappa shape index (κ1) is 25.4. The van der Waals surface area contributed by atoms with Gasteiger partial charge >= 0.3 is 0 Å². The zero-order valence-electron chi connectivity index (χ0n) is 20.3. The Kier molecular flexibility index (Phi) is 8.04. The van der Waals surface area contributed by atoms with Crippen LogP contribution in [0.15, 0.2) is 66.9 Å². The van der Waals surface area contributed by atoms with Crippen molar-refractivity contribution in [1.82, 2.24) is 4.98 Å². The van der Waals surface area contributed by atoms with Gasteiger partial charge in [0.25, 0.3) is 0 Å². The summed E-state index contributed by atoms with van der Waals surface area (Å²) in [5.74, 6) is -3.83. The number of aryl methyl sites for hydroxylation is 3. The van der Waals surface area contributed by atoms with E-state index in [4.69, 9.17) is 4.74 Å². The molecule has 0 fully saturated rings. The van der Waals surface area contributed by atoms with Crippen molar-refractivity contribution in [2.75, 3.05) is 6.61 Å². The van der Waals surface area contributed by atoms with E-state index in [9.17, 15) is 17.6 Å². The molecule has 0 aliphatic heterocycles. The minimum absolute atomic E-state index is 0.0970. The first-order chi connectivity index (χ1) is 17.4. The second-order valence-corrected chi connectivity index (χ2v) is 8.73. The van der Waals surface area contributed by atoms with Crippen molar-refractivity contribution in [2.24, 2.45) is 0 Å². The first-order valence-corrected chi connectivity index (χ1v) is 12.0. The monoisotopic (exact) mass is 493 g/mol. The van der Waals surface area contributed by atoms with Gasteiger partial charge in [-0.25, -0.2) is 13.2 Å². The van der Waals surface area contributed by atoms with Crippen molar-refractivity contribution < 1.29 is 22.3 Å². The molecule has 0 atom stereocenters. The highest BCUT2D eigenvalue weighted by Gasteiger charge is 2.17. The van der Waals surface area contributed by atoms with Gasteiger partial charge in [-0.3, -0.25) is 4.98 Å². The number of hydrogen-bond acceptors (Lipinski definition) is 2. The van der Waals surface area contributed by atoms with Crippen LogP contribution in [0, 0.1) is 30.2 Å². The van der Waals surface area contributed by atoms with Crippen LogP contribution in [0.1, 0.15) is 36.6 Å². The Balaban J connectivity index is 1.45. The molecule has 1 heterocycles. The van der Waals surface area contributed by atoms with Crippen LogP contribution in [0.25, 0.3) is 22.3 Å². The van der Waals surface area contributed by atoms with Crippen LogP contribution >= 0.6 is 0 Å². The van der Waals surface area contributed by atoms with Crippen LogP contribution < -0.4 is 4.74 Å². The van der Waals surface area contributed by atoms with E-state index >= 15 is 0 Å². The molecule has 0 saturated heterocycles. The normalized spacial score (nSPS) is 11.1. The molecular weight excluding hydrogens is 466 g/mol. The lowest BCUT2D eigenvalue weighted by molar-refractivity contribution is 0.289. The van der Waals surface area contributed by atoms with Crippen LogP contribution in [-0.4, -0.2) is 11.6 Å². The summed E-state index contributed by atoms with van der Waals surface area (Å²) in [5, 5.41) is 0. The van der Waals surface area contributed by atoms with Crippen LogP contribution in [-0.2, 0) is 12.8 Å². The van der Waals surface area contributed by atoms with Crippen molar-refractivity contribution in [2.45, 2.75) is 39.5 Å². The quantitative estimate of drug-likeness (QED) is 0.173. The van der Waals surface area contributed by atoms with Crippen molar-refractivity contribution in [3.8, 4) is 28.0 Å². The molecule has 0 spiro atoms. The fraction of sp³-hybridized carbons (Fsp3) is 0.233. The zero-order chi connectivity index (χ0) is 25.7. The van der Waals surface area contributed by atoms with Gasteiger partial charge in [0.1, 0.15) is 0 Å². The predicted molar refractivity (Wildman–Crippen MR) is 134 cm³/mol. The van der Waals surface area contributed by atoms with E-state index in [0.717, 1.165) is 24.1 Å². The maximum atomic E-state index is 14.7. The average Bonchev–Trinajstić information content (AvgIpc) is 2.89. The summed E-state index contributed by atoms with van der Waals surface area (Å²) < 4.78 is 63.9. The zero-order valence-corrected chi connectivity index (χ0v) is 20.3. The summed E-state index contributed by atoms with van der Waals surface area (Å²) in [5.41, 5.74) is 3.27. The fourth-order valence-electron chi connectivity index (χ4n) is 3.96. The van der Waals surface area contributed by atoms with Crippen molar-refractivity contribution >= 4 is 0 Å². The Morgan fingerprint density at radius 2 is 1.36 bits per heavy atom. The highest BCUT2D eigenvalue weighted by atomic mass is 19.2. The van der Waals surface area contributed by atoms with Gasteiger partial charge in [0.05, 0.1) is 6.61 Å². The lowest BCUT2D eigenvalue weighted by Gasteiger charge is -2.11. The number of unbranched alkanes of at least 4 members (excludes halogenated alkanes) is 1. The molecule has 0 N–H and O–H groups in total. The van der Waals surface area contributed by atoms with E-state index in [1.54, 1.807) is 48.5 Å². The molecule has 0 aliphatic carbocycles. The number of halogens is 4. The molecule has 6 heteroatoms. The van der Waals surface area contributed by atoms with Gasteiger partial charge in [-0.1, -0.05) is 55.8 Å². The molecule has 1 aromatic heterocycles. The third-order valence-electron chi connectivity index (χ3n) is 6.13. The van der Waals surface area contributed by atoms with E-state index in [0.29, 0.717) is 30.6 Å². The van der Waals surface area contributed by atoms with Crippen LogP contribution in [0.4, 0.5) is 17.6 Å². The number of ether oxygens (including phenoxy) is 1. The lowest BCUT2D eigenvalue weighted by atomic mass is 9.98. The van der Waals surface area contributed by atoms with Crippen molar-refractivity contribution in [3.63, 3.8) is 0 Å². The standard InChI is InChI=1S/C30H27F4NO/c1-3-4-17-36-26-16-15-24(29(33)30(26)34)21-10-6-20(7-11-21)8-12-22-13-14-25(28(32)27(22)31)23-9-5-19(2)35-18-23/h5-7,9-11,13-16,18H,3-4,8,12,17H2,1-2H3. The number of pyridine rings is 1. The van der Waals surface area contributed by atoms with E-state index in [1.807, 2.05) is 13.8 Å². The summed E-state index contributed by atoms with van der Waals surface area (Å²) in [6, 6.07) is 16.5. The molecule has 0 unspecified atom stereocenters. The molecule has 186 valence electrons. The number of aromatic nitrogens is 1. The molecule has 0 amide bonds. The average molecular weight is 494 g/mol. The molecule has 0 bridgehead atoms. The van der Waals surface area contributed by atoms with Crippen molar-refractivity contribution in [3.05, 3.63) is 107 Å². The van der Waals surface area contributed by atoms with Gasteiger partial charge < -0.3 is 4.74 Å². The molecule has 0 radical (unpaired) electrons. The predicted octanol–water partition coefficient (Wildman–Crippen LogP) is 8.24. The highest BCUT2D eigenvalue weighted by molar-refractivity contribution is 5.66. The van der Waals surface area contributed by atoms with Crippen molar-refractivity contribution in [1.29, 1.82) is 0 Å². The van der Waals surface area contributed by atoms with Gasteiger partial charge in [-0.05, 0) is 61.1 Å². The Bertz CT molecular complexity index is 1330. The number of benzene rings is 3. The summed E-state index contributed by atoms with van der Waals surface area (Å²) in [6.45, 7) is 4.14. The summed E-state index contributed by atoms with van der Waals surface area (Å²) in [6.07, 6.45) is 3.93. The minimum atomic E-state index is -1.00. The molecule has 3 aromatic carbocycles. The van der Waals surface area contributed by atoms with Gasteiger partial charge in [0, 0.05) is 28.6 Å². The van der Waals surface area contributed by atoms with Crippen LogP contribution in [0.3, 0.4) is 0 Å². The maximum absolute atomic E-state index is 14.7. The van der Waals surface area contributed by atoms with Crippen LogP contribution in [0.5, 0.6) is 5.75 Å². The molecule has 36 heavy (non-hydrogen) atoms. The largest absolute Gasteiger partial charge is 0.490 e. The fourth-order valence-corrected chi connectivity index (χ4v) is 3.96. The topological polar surface area (TPSA) is 22.1 Å². The first-order valence-electron chi connectivity index (χ1n) is 12.0. The molecule has 4 aromatic rings. The Morgan fingerprint density at radius 3 is 2.06 bits per heavy atom. The van der Waals surface area contributed by atoms with Gasteiger partial charge in [0.15, 0.2) is 23.2 Å². The third kappa shape index (κ3) is 5.59. The van der Waals surface area contributed by atoms with Gasteiger partial charge in [-0.15, -0.1) is 0 Å².